The largest absolute Gasteiger partial charge is 0.433 e. The zero-order valence-electron chi connectivity index (χ0n) is 19.8. The first kappa shape index (κ1) is 24.4. The molecule has 0 spiro atoms. The van der Waals surface area contributed by atoms with Crippen molar-refractivity contribution in [2.24, 2.45) is 11.8 Å². The predicted octanol–water partition coefficient (Wildman–Crippen LogP) is 4.86. The Bertz CT molecular complexity index is 1400. The van der Waals surface area contributed by atoms with Gasteiger partial charge in [-0.25, -0.2) is 0 Å². The van der Waals surface area contributed by atoms with E-state index >= 15 is 0 Å². The van der Waals surface area contributed by atoms with Gasteiger partial charge in [-0.2, -0.15) is 23.5 Å². The summed E-state index contributed by atoms with van der Waals surface area (Å²) < 4.78 is 40.1. The number of anilines is 1. The van der Waals surface area contributed by atoms with Gasteiger partial charge in [0.1, 0.15) is 11.8 Å². The van der Waals surface area contributed by atoms with Crippen molar-refractivity contribution in [1.29, 1.82) is 5.26 Å². The van der Waals surface area contributed by atoms with Crippen molar-refractivity contribution >= 4 is 34.1 Å². The molecule has 3 aromatic rings. The minimum atomic E-state index is -4.54. The van der Waals surface area contributed by atoms with E-state index in [1.807, 2.05) is 13.0 Å². The molecule has 0 bridgehead atoms. The molecule has 2 aliphatic heterocycles. The van der Waals surface area contributed by atoms with E-state index in [0.29, 0.717) is 48.0 Å². The highest BCUT2D eigenvalue weighted by Crippen LogP contribution is 2.38. The summed E-state index contributed by atoms with van der Waals surface area (Å²) in [6.07, 6.45) is -3.73. The van der Waals surface area contributed by atoms with Crippen LogP contribution < -0.4 is 4.90 Å². The van der Waals surface area contributed by atoms with E-state index in [1.165, 1.54) is 4.90 Å². The lowest BCUT2D eigenvalue weighted by atomic mass is 9.84. The third-order valence-corrected chi connectivity index (χ3v) is 7.50. The van der Waals surface area contributed by atoms with Crippen molar-refractivity contribution < 1.29 is 18.0 Å². The molecule has 11 heteroatoms. The quantitative estimate of drug-likeness (QED) is 0.525. The molecule has 2 atom stereocenters. The number of nitriles is 1. The van der Waals surface area contributed by atoms with Gasteiger partial charge >= 0.3 is 6.18 Å². The Morgan fingerprint density at radius 2 is 2.08 bits per heavy atom. The molecule has 5 rings (SSSR count). The van der Waals surface area contributed by atoms with Gasteiger partial charge in [-0.15, -0.1) is 0 Å². The number of pyridine rings is 1. The summed E-state index contributed by atoms with van der Waals surface area (Å²) in [5.41, 5.74) is 2.15. The zero-order valence-corrected chi connectivity index (χ0v) is 20.5. The van der Waals surface area contributed by atoms with Crippen LogP contribution >= 0.6 is 11.6 Å². The van der Waals surface area contributed by atoms with Crippen LogP contribution in [0.15, 0.2) is 18.2 Å². The minimum absolute atomic E-state index is 0.0569. The van der Waals surface area contributed by atoms with Crippen molar-refractivity contribution in [1.82, 2.24) is 20.1 Å². The number of rotatable bonds is 2. The summed E-state index contributed by atoms with van der Waals surface area (Å²) in [5, 5.41) is 17.1. The Labute approximate surface area is 210 Å². The first-order valence-electron chi connectivity index (χ1n) is 11.8. The maximum absolute atomic E-state index is 13.4. The molecular weight excluding hydrogens is 493 g/mol. The van der Waals surface area contributed by atoms with Gasteiger partial charge in [0.05, 0.1) is 28.2 Å². The molecule has 7 nitrogen and oxygen atoms in total. The van der Waals surface area contributed by atoms with Crippen molar-refractivity contribution in [2.45, 2.75) is 39.4 Å². The molecule has 1 aromatic carbocycles. The van der Waals surface area contributed by atoms with Crippen molar-refractivity contribution in [2.75, 3.05) is 24.5 Å². The van der Waals surface area contributed by atoms with E-state index in [-0.39, 0.29) is 36.3 Å². The van der Waals surface area contributed by atoms with Crippen molar-refractivity contribution in [3.8, 4) is 6.07 Å². The number of fused-ring (bicyclic) bond motifs is 2. The highest BCUT2D eigenvalue weighted by molar-refractivity contribution is 6.31. The minimum Gasteiger partial charge on any atom is -0.370 e. The number of hydrogen-bond donors (Lipinski definition) is 1. The SMILES string of the molecule is Cc1nc2ccc(Cl)cc2c(N2CC[C@H](C(=O)N3CCc4n[nH]c(C(F)(F)F)c4C3)[C@H](C)C2)c1C#N. The standard InChI is InChI=1S/C25H24ClF3N6O/c1-13-11-34(22-17-9-15(26)3-4-20(17)31-14(2)18(22)10-30)7-5-16(13)24(36)35-8-6-21-19(12-35)23(33-32-21)25(27,28)29/h3-4,9,13,16H,5-8,11-12H2,1-2H3,(H,32,33)/t13-,16+/m1/s1. The van der Waals surface area contributed by atoms with Crippen LogP contribution in [0.5, 0.6) is 0 Å². The lowest BCUT2D eigenvalue weighted by molar-refractivity contribution is -0.144. The lowest BCUT2D eigenvalue weighted by Gasteiger charge is -2.40. The number of aromatic nitrogens is 3. The van der Waals surface area contributed by atoms with Crippen LogP contribution in [-0.4, -0.2) is 45.6 Å². The Morgan fingerprint density at radius 3 is 2.78 bits per heavy atom. The predicted molar refractivity (Wildman–Crippen MR) is 128 cm³/mol. The second-order valence-corrected chi connectivity index (χ2v) is 9.98. The monoisotopic (exact) mass is 516 g/mol. The van der Waals surface area contributed by atoms with Gasteiger partial charge in [-0.1, -0.05) is 18.5 Å². The average molecular weight is 517 g/mol. The van der Waals surface area contributed by atoms with Crippen LogP contribution in [0.25, 0.3) is 10.9 Å². The number of piperidine rings is 1. The molecule has 1 N–H and O–H groups in total. The van der Waals surface area contributed by atoms with Crippen LogP contribution in [-0.2, 0) is 23.9 Å². The fourth-order valence-corrected chi connectivity index (χ4v) is 5.64. The van der Waals surface area contributed by atoms with Gasteiger partial charge in [0.15, 0.2) is 0 Å². The second kappa shape index (κ2) is 8.96. The fraction of sp³-hybridized carbons (Fsp3) is 0.440. The van der Waals surface area contributed by atoms with Gasteiger partial charge < -0.3 is 9.80 Å². The third kappa shape index (κ3) is 4.15. The van der Waals surface area contributed by atoms with E-state index in [1.54, 1.807) is 19.1 Å². The number of carbonyl (C=O) groups excluding carboxylic acids is 1. The Hall–Kier alpha value is -3.32. The molecule has 1 fully saturated rings. The van der Waals surface area contributed by atoms with Gasteiger partial charge in [-0.3, -0.25) is 14.9 Å². The Morgan fingerprint density at radius 1 is 1.31 bits per heavy atom. The third-order valence-electron chi connectivity index (χ3n) is 7.27. The van der Waals surface area contributed by atoms with Crippen molar-refractivity contribution in [3.05, 3.63) is 51.4 Å². The van der Waals surface area contributed by atoms with Crippen molar-refractivity contribution in [3.63, 3.8) is 0 Å². The molecule has 4 heterocycles. The summed E-state index contributed by atoms with van der Waals surface area (Å²) in [5.74, 6) is -0.540. The number of amides is 1. The number of H-pyrrole nitrogens is 1. The van der Waals surface area contributed by atoms with Crippen LogP contribution in [0.2, 0.25) is 5.02 Å². The highest BCUT2D eigenvalue weighted by atomic mass is 35.5. The second-order valence-electron chi connectivity index (χ2n) is 9.54. The van der Waals surface area contributed by atoms with E-state index in [0.717, 1.165) is 16.6 Å². The number of halogens is 4. The topological polar surface area (TPSA) is 88.9 Å². The molecular formula is C25H24ClF3N6O. The van der Waals surface area contributed by atoms with E-state index in [9.17, 15) is 23.2 Å². The summed E-state index contributed by atoms with van der Waals surface area (Å²) in [7, 11) is 0. The van der Waals surface area contributed by atoms with Crippen LogP contribution in [0.4, 0.5) is 18.9 Å². The van der Waals surface area contributed by atoms with Gasteiger partial charge in [0, 0.05) is 54.5 Å². The van der Waals surface area contributed by atoms with E-state index < -0.39 is 11.9 Å². The first-order valence-corrected chi connectivity index (χ1v) is 12.1. The Kier molecular flexibility index (Phi) is 6.07. The average Bonchev–Trinajstić information content (AvgIpc) is 3.27. The molecule has 188 valence electrons. The smallest absolute Gasteiger partial charge is 0.370 e. The number of nitrogens with one attached hydrogen (secondary N) is 1. The molecule has 0 aliphatic carbocycles. The molecule has 0 radical (unpaired) electrons. The first-order chi connectivity index (χ1) is 17.1. The van der Waals surface area contributed by atoms with Crippen LogP contribution in [0.3, 0.4) is 0 Å². The number of aromatic amines is 1. The maximum Gasteiger partial charge on any atom is 0.433 e. The normalized spacial score (nSPS) is 20.4. The number of nitrogens with zero attached hydrogens (tertiary/aromatic N) is 5. The number of hydrogen-bond acceptors (Lipinski definition) is 5. The summed E-state index contributed by atoms with van der Waals surface area (Å²) >= 11 is 6.25. The molecule has 0 saturated carbocycles. The maximum atomic E-state index is 13.4. The molecule has 1 saturated heterocycles. The summed E-state index contributed by atoms with van der Waals surface area (Å²) in [4.78, 5) is 21.6. The molecule has 0 unspecified atom stereocenters. The summed E-state index contributed by atoms with van der Waals surface area (Å²) in [6.45, 7) is 5.06. The number of benzene rings is 1. The van der Waals surface area contributed by atoms with Crippen LogP contribution in [0.1, 0.15) is 41.6 Å². The summed E-state index contributed by atoms with van der Waals surface area (Å²) in [6, 6.07) is 7.66. The van der Waals surface area contributed by atoms with E-state index in [4.69, 9.17) is 11.6 Å². The van der Waals surface area contributed by atoms with Gasteiger partial charge in [0.2, 0.25) is 5.91 Å². The van der Waals surface area contributed by atoms with Gasteiger partial charge in [-0.05, 0) is 37.5 Å². The number of aryl methyl sites for hydroxylation is 1. The lowest BCUT2D eigenvalue weighted by Crippen LogP contribution is -2.48. The number of alkyl halides is 3. The molecule has 36 heavy (non-hydrogen) atoms. The molecule has 1 amide bonds. The fourth-order valence-electron chi connectivity index (χ4n) is 5.46. The van der Waals surface area contributed by atoms with Crippen LogP contribution in [0, 0.1) is 30.1 Å². The van der Waals surface area contributed by atoms with Gasteiger partial charge in [0.25, 0.3) is 0 Å². The molecule has 2 aliphatic rings. The molecule has 2 aromatic heterocycles. The highest BCUT2D eigenvalue weighted by Gasteiger charge is 2.41. The number of carbonyl (C=O) groups is 1. The van der Waals surface area contributed by atoms with E-state index in [2.05, 4.69) is 26.2 Å². The Balaban J connectivity index is 1.38. The zero-order chi connectivity index (χ0) is 25.8.